The predicted octanol–water partition coefficient (Wildman–Crippen LogP) is 5.32. The van der Waals surface area contributed by atoms with Crippen LogP contribution in [0, 0.1) is 12.3 Å². The maximum Gasteiger partial charge on any atom is 0.321 e. The minimum absolute atomic E-state index is 0.0787. The Morgan fingerprint density at radius 2 is 1.67 bits per heavy atom. The lowest BCUT2D eigenvalue weighted by Crippen LogP contribution is -2.42. The highest BCUT2D eigenvalue weighted by Crippen LogP contribution is 2.24. The minimum Gasteiger partial charge on any atom is -0.424 e. The summed E-state index contributed by atoms with van der Waals surface area (Å²) in [5, 5.41) is 7.29. The second kappa shape index (κ2) is 12.8. The van der Waals surface area contributed by atoms with Crippen molar-refractivity contribution in [3.05, 3.63) is 83.9 Å². The molecule has 0 spiro atoms. The van der Waals surface area contributed by atoms with Crippen LogP contribution in [0.15, 0.2) is 72.1 Å². The van der Waals surface area contributed by atoms with Crippen LogP contribution in [-0.2, 0) is 34.8 Å². The van der Waals surface area contributed by atoms with E-state index in [9.17, 15) is 17.8 Å². The highest BCUT2D eigenvalue weighted by molar-refractivity contribution is 7.85. The van der Waals surface area contributed by atoms with E-state index in [1.54, 1.807) is 35.4 Å². The fourth-order valence-electron chi connectivity index (χ4n) is 4.43. The molecule has 10 nitrogen and oxygen atoms in total. The molecular formula is C31H37N5O5S. The lowest BCUT2D eigenvalue weighted by molar-refractivity contribution is -0.129. The van der Waals surface area contributed by atoms with E-state index >= 15 is 0 Å². The van der Waals surface area contributed by atoms with E-state index in [4.69, 9.17) is 4.74 Å². The zero-order valence-corrected chi connectivity index (χ0v) is 25.4. The molecule has 2 N–H and O–H groups in total. The molecule has 2 aromatic carbocycles. The van der Waals surface area contributed by atoms with Gasteiger partial charge in [0.15, 0.2) is 0 Å². The minimum atomic E-state index is -4.35. The summed E-state index contributed by atoms with van der Waals surface area (Å²) in [6.45, 7) is 7.43. The first-order chi connectivity index (χ1) is 19.8. The van der Waals surface area contributed by atoms with Crippen LogP contribution in [0.2, 0.25) is 0 Å². The van der Waals surface area contributed by atoms with Crippen molar-refractivity contribution < 1.29 is 22.5 Å². The van der Waals surface area contributed by atoms with Crippen LogP contribution in [0.3, 0.4) is 0 Å². The molecular weight excluding hydrogens is 554 g/mol. The lowest BCUT2D eigenvalue weighted by atomic mass is 9.93. The largest absolute Gasteiger partial charge is 0.424 e. The number of hydrogen-bond acceptors (Lipinski definition) is 7. The number of carbonyl (C=O) groups excluding carboxylic acids is 1. The molecule has 1 atom stereocenters. The van der Waals surface area contributed by atoms with Gasteiger partial charge in [0.05, 0.1) is 11.1 Å². The molecule has 42 heavy (non-hydrogen) atoms. The third kappa shape index (κ3) is 8.46. The molecule has 0 bridgehead atoms. The number of aryl methyl sites for hydroxylation is 4. The summed E-state index contributed by atoms with van der Waals surface area (Å²) in [6, 6.07) is 12.5. The Bertz CT molecular complexity index is 1630. The number of amides is 1. The van der Waals surface area contributed by atoms with Crippen LogP contribution < -0.4 is 10.1 Å². The molecule has 11 heteroatoms. The summed E-state index contributed by atoms with van der Waals surface area (Å²) >= 11 is 0. The summed E-state index contributed by atoms with van der Waals surface area (Å²) in [5.74, 6) is 0.521. The first-order valence-corrected chi connectivity index (χ1v) is 15.2. The highest BCUT2D eigenvalue weighted by atomic mass is 32.2. The monoisotopic (exact) mass is 591 g/mol. The summed E-state index contributed by atoms with van der Waals surface area (Å²) in [5.41, 5.74) is 3.67. The molecule has 4 rings (SSSR count). The van der Waals surface area contributed by atoms with Gasteiger partial charge < -0.3 is 10.1 Å². The van der Waals surface area contributed by atoms with Gasteiger partial charge in [-0.25, -0.2) is 9.97 Å². The number of carbonyl (C=O) groups is 1. The third-order valence-corrected chi connectivity index (χ3v) is 7.81. The van der Waals surface area contributed by atoms with Crippen LogP contribution >= 0.6 is 0 Å². The fourth-order valence-corrected chi connectivity index (χ4v) is 5.17. The van der Waals surface area contributed by atoms with Gasteiger partial charge >= 0.3 is 6.01 Å². The molecule has 4 aromatic rings. The Kier molecular flexibility index (Phi) is 9.43. The summed E-state index contributed by atoms with van der Waals surface area (Å²) in [4.78, 5) is 21.3. The average molecular weight is 592 g/mol. The Labute approximate surface area is 246 Å². The smallest absolute Gasteiger partial charge is 0.321 e. The van der Waals surface area contributed by atoms with Gasteiger partial charge in [-0.3, -0.25) is 14.0 Å². The van der Waals surface area contributed by atoms with Crippen molar-refractivity contribution in [2.24, 2.45) is 12.5 Å². The van der Waals surface area contributed by atoms with E-state index in [1.807, 2.05) is 65.2 Å². The predicted molar refractivity (Wildman–Crippen MR) is 160 cm³/mol. The first kappa shape index (κ1) is 30.9. The van der Waals surface area contributed by atoms with Gasteiger partial charge in [0.2, 0.25) is 5.91 Å². The zero-order chi connectivity index (χ0) is 30.5. The molecule has 2 heterocycles. The van der Waals surface area contributed by atoms with Gasteiger partial charge in [-0.05, 0) is 61.9 Å². The molecule has 222 valence electrons. The number of ether oxygens (including phenoxy) is 1. The van der Waals surface area contributed by atoms with Crippen LogP contribution in [0.25, 0.3) is 11.1 Å². The second-order valence-corrected chi connectivity index (χ2v) is 12.9. The number of aromatic nitrogens is 4. The number of benzene rings is 2. The summed E-state index contributed by atoms with van der Waals surface area (Å²) in [6.07, 6.45) is 9.25. The molecule has 0 fully saturated rings. The van der Waals surface area contributed by atoms with Crippen molar-refractivity contribution in [3.63, 3.8) is 0 Å². The van der Waals surface area contributed by atoms with E-state index in [0.29, 0.717) is 37.0 Å². The standard InChI is InChI=1S/C31H37N5O5S/c1-21-6-15-28(42(38,39)40)23(16-21)10-12-26(35-29(37)31(2,3)4)11-7-22-8-13-27(14-9-22)41-30-32-17-24(18-33-30)25-19-34-36(5)20-25/h6,8-9,13-20,26H,7,10-12H2,1-5H3,(H,35,37)(H,38,39,40). The van der Waals surface area contributed by atoms with Gasteiger partial charge in [-0.1, -0.05) is 50.6 Å². The lowest BCUT2D eigenvalue weighted by Gasteiger charge is -2.25. The van der Waals surface area contributed by atoms with Crippen LogP contribution in [0.1, 0.15) is 50.3 Å². The van der Waals surface area contributed by atoms with Crippen molar-refractivity contribution in [2.45, 2.75) is 64.3 Å². The number of hydrogen-bond donors (Lipinski definition) is 2. The summed E-state index contributed by atoms with van der Waals surface area (Å²) < 4.78 is 41.0. The molecule has 0 aliphatic rings. The van der Waals surface area contributed by atoms with Gasteiger partial charge in [-0.15, -0.1) is 0 Å². The Morgan fingerprint density at radius 1 is 1.00 bits per heavy atom. The number of nitrogens with one attached hydrogen (secondary N) is 1. The number of rotatable bonds is 11. The molecule has 0 radical (unpaired) electrons. The summed E-state index contributed by atoms with van der Waals surface area (Å²) in [7, 11) is -2.50. The average Bonchev–Trinajstić information content (AvgIpc) is 3.36. The second-order valence-electron chi connectivity index (χ2n) is 11.5. The van der Waals surface area contributed by atoms with Crippen molar-refractivity contribution in [1.29, 1.82) is 0 Å². The van der Waals surface area contributed by atoms with E-state index < -0.39 is 15.5 Å². The van der Waals surface area contributed by atoms with Crippen molar-refractivity contribution in [2.75, 3.05) is 0 Å². The van der Waals surface area contributed by atoms with Crippen LogP contribution in [0.5, 0.6) is 11.8 Å². The first-order valence-electron chi connectivity index (χ1n) is 13.7. The normalized spacial score (nSPS) is 12.6. The van der Waals surface area contributed by atoms with E-state index in [0.717, 1.165) is 22.3 Å². The van der Waals surface area contributed by atoms with Gasteiger partial charge in [-0.2, -0.15) is 13.5 Å². The van der Waals surface area contributed by atoms with E-state index in [-0.39, 0.29) is 22.9 Å². The molecule has 0 aliphatic heterocycles. The van der Waals surface area contributed by atoms with Crippen molar-refractivity contribution in [3.8, 4) is 22.9 Å². The van der Waals surface area contributed by atoms with Gasteiger partial charge in [0.1, 0.15) is 5.75 Å². The fraction of sp³-hybridized carbons (Fsp3) is 0.355. The zero-order valence-electron chi connectivity index (χ0n) is 24.5. The van der Waals surface area contributed by atoms with Crippen molar-refractivity contribution >= 4 is 16.0 Å². The maximum atomic E-state index is 12.8. The third-order valence-electron chi connectivity index (χ3n) is 6.85. The van der Waals surface area contributed by atoms with Gasteiger partial charge in [0.25, 0.3) is 10.1 Å². The van der Waals surface area contributed by atoms with E-state index in [2.05, 4.69) is 20.4 Å². The highest BCUT2D eigenvalue weighted by Gasteiger charge is 2.25. The topological polar surface area (TPSA) is 136 Å². The molecule has 0 saturated carbocycles. The van der Waals surface area contributed by atoms with Gasteiger partial charge in [0, 0.05) is 48.2 Å². The Balaban J connectivity index is 1.40. The number of nitrogens with zero attached hydrogens (tertiary/aromatic N) is 4. The molecule has 2 aromatic heterocycles. The molecule has 0 aliphatic carbocycles. The Morgan fingerprint density at radius 3 is 2.26 bits per heavy atom. The maximum absolute atomic E-state index is 12.8. The molecule has 0 saturated heterocycles. The van der Waals surface area contributed by atoms with Crippen LogP contribution in [-0.4, -0.2) is 44.7 Å². The molecule has 1 unspecified atom stereocenters. The van der Waals surface area contributed by atoms with E-state index in [1.165, 1.54) is 6.07 Å². The van der Waals surface area contributed by atoms with Crippen LogP contribution in [0.4, 0.5) is 0 Å². The SMILES string of the molecule is Cc1ccc(S(=O)(=O)O)c(CCC(CCc2ccc(Oc3ncc(-c4cnn(C)c4)cn3)cc2)NC(=O)C(C)(C)C)c1. The Hall–Kier alpha value is -4.09. The van der Waals surface area contributed by atoms with Crippen molar-refractivity contribution in [1.82, 2.24) is 25.1 Å². The quantitative estimate of drug-likeness (QED) is 0.224. The molecule has 1 amide bonds.